The summed E-state index contributed by atoms with van der Waals surface area (Å²) >= 11 is 0. The third-order valence-electron chi connectivity index (χ3n) is 4.11. The van der Waals surface area contributed by atoms with Crippen LogP contribution in [0, 0.1) is 0 Å². The molecule has 1 saturated heterocycles. The third-order valence-corrected chi connectivity index (χ3v) is 4.11. The molecule has 0 amide bonds. The van der Waals surface area contributed by atoms with Crippen molar-refractivity contribution in [3.8, 4) is 0 Å². The molecule has 0 saturated carbocycles. The normalized spacial score (nSPS) is 26.8. The van der Waals surface area contributed by atoms with Crippen LogP contribution < -0.4 is 5.32 Å². The van der Waals surface area contributed by atoms with Crippen LogP contribution >= 0.6 is 0 Å². The van der Waals surface area contributed by atoms with E-state index in [4.69, 9.17) is 0 Å². The standard InChI is InChI=1S/C12H18F3N5/c1-11(2)5-8(6-16-11)19-3-4-20-9(7-19)17-18-10(20)12(13,14)15/h8,16H,3-7H2,1-2H3. The zero-order valence-electron chi connectivity index (χ0n) is 11.5. The van der Waals surface area contributed by atoms with Gasteiger partial charge in [-0.05, 0) is 20.3 Å². The van der Waals surface area contributed by atoms with E-state index in [9.17, 15) is 13.2 Å². The highest BCUT2D eigenvalue weighted by molar-refractivity contribution is 5.04. The molecule has 1 unspecified atom stereocenters. The van der Waals surface area contributed by atoms with Gasteiger partial charge in [-0.25, -0.2) is 0 Å². The smallest absolute Gasteiger partial charge is 0.310 e. The molecule has 1 atom stereocenters. The molecular weight excluding hydrogens is 271 g/mol. The zero-order valence-corrected chi connectivity index (χ0v) is 11.5. The van der Waals surface area contributed by atoms with Crippen molar-refractivity contribution in [1.82, 2.24) is 25.0 Å². The molecule has 1 fully saturated rings. The molecule has 1 aromatic rings. The number of fused-ring (bicyclic) bond motifs is 1. The largest absolute Gasteiger partial charge is 0.451 e. The Morgan fingerprint density at radius 2 is 2.00 bits per heavy atom. The second kappa shape index (κ2) is 4.42. The summed E-state index contributed by atoms with van der Waals surface area (Å²) in [7, 11) is 0. The fourth-order valence-corrected chi connectivity index (χ4v) is 3.08. The Balaban J connectivity index is 1.76. The van der Waals surface area contributed by atoms with Gasteiger partial charge >= 0.3 is 6.18 Å². The van der Waals surface area contributed by atoms with Crippen molar-refractivity contribution in [3.05, 3.63) is 11.6 Å². The third kappa shape index (κ3) is 2.42. The van der Waals surface area contributed by atoms with E-state index in [2.05, 4.69) is 34.3 Å². The van der Waals surface area contributed by atoms with Crippen molar-refractivity contribution in [3.63, 3.8) is 0 Å². The first-order valence-corrected chi connectivity index (χ1v) is 6.75. The number of aromatic nitrogens is 3. The highest BCUT2D eigenvalue weighted by Crippen LogP contribution is 2.31. The maximum Gasteiger partial charge on any atom is 0.451 e. The van der Waals surface area contributed by atoms with Crippen LogP contribution in [-0.4, -0.2) is 44.3 Å². The minimum Gasteiger partial charge on any atom is -0.310 e. The number of nitrogens with zero attached hydrogens (tertiary/aromatic N) is 4. The van der Waals surface area contributed by atoms with Crippen molar-refractivity contribution < 1.29 is 13.2 Å². The Labute approximate surface area is 115 Å². The van der Waals surface area contributed by atoms with Crippen molar-refractivity contribution in [2.75, 3.05) is 13.1 Å². The summed E-state index contributed by atoms with van der Waals surface area (Å²) in [5, 5.41) is 10.4. The summed E-state index contributed by atoms with van der Waals surface area (Å²) in [6.45, 7) is 6.49. The zero-order chi connectivity index (χ0) is 14.5. The first-order valence-electron chi connectivity index (χ1n) is 6.75. The Kier molecular flexibility index (Phi) is 3.06. The lowest BCUT2D eigenvalue weighted by molar-refractivity contribution is -0.148. The molecule has 20 heavy (non-hydrogen) atoms. The molecule has 0 spiro atoms. The number of alkyl halides is 3. The second-order valence-electron chi connectivity index (χ2n) is 6.18. The molecule has 3 heterocycles. The fraction of sp³-hybridized carbons (Fsp3) is 0.833. The van der Waals surface area contributed by atoms with Gasteiger partial charge in [-0.15, -0.1) is 10.2 Å². The van der Waals surface area contributed by atoms with Crippen LogP contribution in [0.3, 0.4) is 0 Å². The summed E-state index contributed by atoms with van der Waals surface area (Å²) in [6.07, 6.45) is -3.43. The lowest BCUT2D eigenvalue weighted by Gasteiger charge is -2.32. The highest BCUT2D eigenvalue weighted by atomic mass is 19.4. The summed E-state index contributed by atoms with van der Waals surface area (Å²) in [5.41, 5.74) is 0.0902. The minimum absolute atomic E-state index is 0.0902. The Morgan fingerprint density at radius 3 is 2.60 bits per heavy atom. The molecule has 2 aliphatic rings. The molecule has 1 aromatic heterocycles. The molecule has 0 aliphatic carbocycles. The van der Waals surface area contributed by atoms with Crippen LogP contribution in [0.15, 0.2) is 0 Å². The van der Waals surface area contributed by atoms with E-state index < -0.39 is 12.0 Å². The predicted octanol–water partition coefficient (Wildman–Crippen LogP) is 1.25. The van der Waals surface area contributed by atoms with Gasteiger partial charge in [-0.3, -0.25) is 4.90 Å². The van der Waals surface area contributed by atoms with Crippen LogP contribution in [0.1, 0.15) is 31.9 Å². The number of nitrogens with one attached hydrogen (secondary N) is 1. The topological polar surface area (TPSA) is 46.0 Å². The molecule has 0 aromatic carbocycles. The van der Waals surface area contributed by atoms with Gasteiger partial charge in [0.2, 0.25) is 5.82 Å². The molecule has 5 nitrogen and oxygen atoms in total. The summed E-state index contributed by atoms with van der Waals surface area (Å²) < 4.78 is 39.5. The maximum atomic E-state index is 12.8. The second-order valence-corrected chi connectivity index (χ2v) is 6.18. The average Bonchev–Trinajstić information content (AvgIpc) is 2.90. The number of halogens is 3. The van der Waals surface area contributed by atoms with Crippen LogP contribution in [0.25, 0.3) is 0 Å². The number of hydrogen-bond acceptors (Lipinski definition) is 4. The van der Waals surface area contributed by atoms with Gasteiger partial charge in [0, 0.05) is 31.2 Å². The van der Waals surface area contributed by atoms with Crippen molar-refractivity contribution >= 4 is 0 Å². The lowest BCUT2D eigenvalue weighted by atomic mass is 10.0. The van der Waals surface area contributed by atoms with Gasteiger partial charge in [-0.1, -0.05) is 0 Å². The number of rotatable bonds is 1. The van der Waals surface area contributed by atoms with E-state index in [1.807, 2.05) is 0 Å². The molecule has 1 N–H and O–H groups in total. The molecule has 112 valence electrons. The van der Waals surface area contributed by atoms with Crippen LogP contribution in [0.5, 0.6) is 0 Å². The molecule has 0 radical (unpaired) electrons. The molecule has 8 heteroatoms. The summed E-state index contributed by atoms with van der Waals surface area (Å²) in [5.74, 6) is -0.467. The van der Waals surface area contributed by atoms with Gasteiger partial charge in [0.05, 0.1) is 6.54 Å². The lowest BCUT2D eigenvalue weighted by Crippen LogP contribution is -2.42. The van der Waals surface area contributed by atoms with E-state index in [0.717, 1.165) is 13.0 Å². The quantitative estimate of drug-likeness (QED) is 0.845. The molecular formula is C12H18F3N5. The maximum absolute atomic E-state index is 12.8. The Bertz CT molecular complexity index is 508. The molecule has 2 aliphatic heterocycles. The van der Waals surface area contributed by atoms with E-state index in [-0.39, 0.29) is 5.54 Å². The van der Waals surface area contributed by atoms with Gasteiger partial charge in [0.25, 0.3) is 0 Å². The van der Waals surface area contributed by atoms with Crippen LogP contribution in [-0.2, 0) is 19.3 Å². The van der Waals surface area contributed by atoms with E-state index in [1.165, 1.54) is 4.57 Å². The molecule has 0 bridgehead atoms. The first-order chi connectivity index (χ1) is 9.26. The molecule has 3 rings (SSSR count). The van der Waals surface area contributed by atoms with E-state index >= 15 is 0 Å². The van der Waals surface area contributed by atoms with Gasteiger partial charge in [0.15, 0.2) is 0 Å². The van der Waals surface area contributed by atoms with Gasteiger partial charge in [-0.2, -0.15) is 13.2 Å². The monoisotopic (exact) mass is 289 g/mol. The van der Waals surface area contributed by atoms with Crippen LogP contribution in [0.2, 0.25) is 0 Å². The summed E-state index contributed by atoms with van der Waals surface area (Å²) in [6, 6.07) is 0.352. The highest BCUT2D eigenvalue weighted by Gasteiger charge is 2.41. The fourth-order valence-electron chi connectivity index (χ4n) is 3.08. The van der Waals surface area contributed by atoms with Gasteiger partial charge < -0.3 is 9.88 Å². The van der Waals surface area contributed by atoms with Crippen molar-refractivity contribution in [1.29, 1.82) is 0 Å². The average molecular weight is 289 g/mol. The Morgan fingerprint density at radius 1 is 1.25 bits per heavy atom. The van der Waals surface area contributed by atoms with Crippen molar-refractivity contribution in [2.45, 2.75) is 51.1 Å². The SMILES string of the molecule is CC1(C)CC(N2CCn3c(nnc3C(F)(F)F)C2)CN1. The minimum atomic E-state index is -4.43. The number of hydrogen-bond donors (Lipinski definition) is 1. The summed E-state index contributed by atoms with van der Waals surface area (Å²) in [4.78, 5) is 2.20. The Hall–Kier alpha value is -1.15. The van der Waals surface area contributed by atoms with Crippen LogP contribution in [0.4, 0.5) is 13.2 Å². The predicted molar refractivity (Wildman–Crippen MR) is 65.9 cm³/mol. The van der Waals surface area contributed by atoms with Gasteiger partial charge in [0.1, 0.15) is 5.82 Å². The van der Waals surface area contributed by atoms with E-state index in [1.54, 1.807) is 0 Å². The van der Waals surface area contributed by atoms with Crippen molar-refractivity contribution in [2.24, 2.45) is 0 Å². The first kappa shape index (κ1) is 13.8. The van der Waals surface area contributed by atoms with E-state index in [0.29, 0.717) is 31.5 Å².